The number of benzene rings is 1. The molecule has 2 N–H and O–H groups in total. The van der Waals surface area contributed by atoms with E-state index in [0.29, 0.717) is 5.75 Å². The number of methoxy groups -OCH3 is 3. The topological polar surface area (TPSA) is 114 Å². The number of rotatable bonds is 6. The first kappa shape index (κ1) is 18.9. The number of carbonyl (C=O) groups is 1. The molecule has 0 saturated carbocycles. The van der Waals surface area contributed by atoms with E-state index >= 15 is 0 Å². The summed E-state index contributed by atoms with van der Waals surface area (Å²) in [5.74, 6) is -0.0387. The van der Waals surface area contributed by atoms with Crippen LogP contribution in [0.5, 0.6) is 11.5 Å². The van der Waals surface area contributed by atoms with Crippen LogP contribution in [0.15, 0.2) is 12.1 Å². The summed E-state index contributed by atoms with van der Waals surface area (Å²) in [6.07, 6.45) is -0.174. The van der Waals surface area contributed by atoms with Crippen molar-refractivity contribution in [3.05, 3.63) is 27.8 Å². The van der Waals surface area contributed by atoms with Gasteiger partial charge in [-0.1, -0.05) is 0 Å². The van der Waals surface area contributed by atoms with E-state index in [1.165, 1.54) is 33.5 Å². The molecule has 0 aliphatic rings. The summed E-state index contributed by atoms with van der Waals surface area (Å²) in [6, 6.07) is 1.73. The fourth-order valence-electron chi connectivity index (χ4n) is 1.71. The molecule has 21 heavy (non-hydrogen) atoms. The number of esters is 1. The summed E-state index contributed by atoms with van der Waals surface area (Å²) in [5, 5.41) is 11.1. The fraction of sp³-hybridized carbons (Fsp3) is 0.417. The molecule has 0 saturated heterocycles. The predicted molar refractivity (Wildman–Crippen MR) is 77.0 cm³/mol. The molecule has 1 rings (SSSR count). The molecule has 0 aromatic heterocycles. The minimum atomic E-state index is -0.873. The van der Waals surface area contributed by atoms with Crippen molar-refractivity contribution >= 4 is 24.1 Å². The van der Waals surface area contributed by atoms with Gasteiger partial charge in [-0.25, -0.2) is 0 Å². The Kier molecular flexibility index (Phi) is 7.46. The van der Waals surface area contributed by atoms with Crippen molar-refractivity contribution < 1.29 is 23.9 Å². The summed E-state index contributed by atoms with van der Waals surface area (Å²) in [7, 11) is 3.99. The third-order valence-electron chi connectivity index (χ3n) is 2.74. The van der Waals surface area contributed by atoms with E-state index in [-0.39, 0.29) is 35.8 Å². The molecule has 0 spiro atoms. The van der Waals surface area contributed by atoms with E-state index in [1.54, 1.807) is 0 Å². The molecule has 0 radical (unpaired) electrons. The van der Waals surface area contributed by atoms with E-state index in [2.05, 4.69) is 4.74 Å². The Labute approximate surface area is 127 Å². The lowest BCUT2D eigenvalue weighted by molar-refractivity contribution is -0.385. The monoisotopic (exact) mass is 320 g/mol. The first-order valence-electron chi connectivity index (χ1n) is 5.67. The second kappa shape index (κ2) is 8.28. The van der Waals surface area contributed by atoms with Crippen LogP contribution in [0, 0.1) is 10.1 Å². The molecule has 0 heterocycles. The normalized spacial score (nSPS) is 11.0. The van der Waals surface area contributed by atoms with Crippen LogP contribution in [0.25, 0.3) is 0 Å². The zero-order chi connectivity index (χ0) is 15.3. The van der Waals surface area contributed by atoms with E-state index in [9.17, 15) is 14.9 Å². The molecule has 1 aromatic rings. The molecular formula is C12H17ClN2O6. The second-order valence-electron chi connectivity index (χ2n) is 3.91. The fourth-order valence-corrected chi connectivity index (χ4v) is 1.71. The van der Waals surface area contributed by atoms with Crippen LogP contribution in [0.3, 0.4) is 0 Å². The van der Waals surface area contributed by atoms with Gasteiger partial charge in [0, 0.05) is 6.04 Å². The van der Waals surface area contributed by atoms with E-state index in [4.69, 9.17) is 15.2 Å². The average molecular weight is 321 g/mol. The third kappa shape index (κ3) is 4.47. The number of nitrogens with zero attached hydrogens (tertiary/aromatic N) is 1. The van der Waals surface area contributed by atoms with Crippen molar-refractivity contribution in [2.24, 2.45) is 5.73 Å². The van der Waals surface area contributed by atoms with Crippen molar-refractivity contribution in [1.29, 1.82) is 0 Å². The van der Waals surface area contributed by atoms with Crippen LogP contribution < -0.4 is 15.2 Å². The quantitative estimate of drug-likeness (QED) is 0.481. The summed E-state index contributed by atoms with van der Waals surface area (Å²) < 4.78 is 14.6. The third-order valence-corrected chi connectivity index (χ3v) is 2.74. The van der Waals surface area contributed by atoms with Gasteiger partial charge in [-0.15, -0.1) is 12.4 Å². The largest absolute Gasteiger partial charge is 0.493 e. The minimum absolute atomic E-state index is 0. The maximum atomic E-state index is 11.2. The van der Waals surface area contributed by atoms with Crippen molar-refractivity contribution in [1.82, 2.24) is 0 Å². The number of nitro groups is 1. The lowest BCUT2D eigenvalue weighted by atomic mass is 10.0. The van der Waals surface area contributed by atoms with E-state index in [0.717, 1.165) is 0 Å². The molecule has 0 amide bonds. The van der Waals surface area contributed by atoms with Crippen LogP contribution >= 0.6 is 12.4 Å². The summed E-state index contributed by atoms with van der Waals surface area (Å²) in [4.78, 5) is 21.7. The zero-order valence-corrected chi connectivity index (χ0v) is 12.6. The highest BCUT2D eigenvalue weighted by Crippen LogP contribution is 2.37. The Morgan fingerprint density at radius 3 is 2.24 bits per heavy atom. The zero-order valence-electron chi connectivity index (χ0n) is 11.8. The molecule has 9 heteroatoms. The highest BCUT2D eigenvalue weighted by molar-refractivity contribution is 5.85. The lowest BCUT2D eigenvalue weighted by Crippen LogP contribution is -2.18. The minimum Gasteiger partial charge on any atom is -0.493 e. The SMILES string of the molecule is COC(=O)C[C@@H](N)c1cc(OC)c(OC)cc1[N+](=O)[O-].Cl. The van der Waals surface area contributed by atoms with Gasteiger partial charge >= 0.3 is 5.97 Å². The first-order chi connectivity index (χ1) is 9.44. The van der Waals surface area contributed by atoms with Crippen molar-refractivity contribution in [2.45, 2.75) is 12.5 Å². The number of nitrogens with two attached hydrogens (primary N) is 1. The Morgan fingerprint density at radius 1 is 1.29 bits per heavy atom. The van der Waals surface area contributed by atoms with Gasteiger partial charge in [0.15, 0.2) is 11.5 Å². The van der Waals surface area contributed by atoms with Gasteiger partial charge < -0.3 is 19.9 Å². The number of nitro benzene ring substituents is 1. The van der Waals surface area contributed by atoms with Crippen molar-refractivity contribution in [2.75, 3.05) is 21.3 Å². The molecular weight excluding hydrogens is 304 g/mol. The standard InChI is InChI=1S/C12H16N2O6.ClH/c1-18-10-4-7(8(13)5-12(15)20-3)9(14(16)17)6-11(10)19-2;/h4,6,8H,5,13H2,1-3H3;1H/t8-;/m1./s1. The number of halogens is 1. The Hall–Kier alpha value is -2.06. The second-order valence-corrected chi connectivity index (χ2v) is 3.91. The highest BCUT2D eigenvalue weighted by atomic mass is 35.5. The Bertz CT molecular complexity index is 523. The highest BCUT2D eigenvalue weighted by Gasteiger charge is 2.25. The van der Waals surface area contributed by atoms with Gasteiger partial charge in [0.25, 0.3) is 5.69 Å². The number of carbonyl (C=O) groups excluding carboxylic acids is 1. The molecule has 0 fully saturated rings. The molecule has 8 nitrogen and oxygen atoms in total. The number of hydrogen-bond donors (Lipinski definition) is 1. The van der Waals surface area contributed by atoms with Gasteiger partial charge in [0.05, 0.1) is 44.3 Å². The van der Waals surface area contributed by atoms with Crippen LogP contribution in [-0.4, -0.2) is 32.2 Å². The maximum absolute atomic E-state index is 11.2. The van der Waals surface area contributed by atoms with Gasteiger partial charge in [-0.3, -0.25) is 14.9 Å². The lowest BCUT2D eigenvalue weighted by Gasteiger charge is -2.14. The van der Waals surface area contributed by atoms with Gasteiger partial charge in [-0.05, 0) is 6.07 Å². The van der Waals surface area contributed by atoms with Gasteiger partial charge in [-0.2, -0.15) is 0 Å². The average Bonchev–Trinajstić information content (AvgIpc) is 2.45. The van der Waals surface area contributed by atoms with Crippen molar-refractivity contribution in [3.8, 4) is 11.5 Å². The predicted octanol–water partition coefficient (Wildman–Crippen LogP) is 1.60. The molecule has 118 valence electrons. The van der Waals surface area contributed by atoms with E-state index < -0.39 is 16.9 Å². The summed E-state index contributed by atoms with van der Waals surface area (Å²) in [6.45, 7) is 0. The Morgan fingerprint density at radius 2 is 1.81 bits per heavy atom. The molecule has 0 unspecified atom stereocenters. The molecule has 1 aromatic carbocycles. The summed E-state index contributed by atoms with van der Waals surface area (Å²) in [5.41, 5.74) is 5.77. The number of ether oxygens (including phenoxy) is 3. The molecule has 0 aliphatic carbocycles. The van der Waals surface area contributed by atoms with Crippen LogP contribution in [-0.2, 0) is 9.53 Å². The van der Waals surface area contributed by atoms with Crippen molar-refractivity contribution in [3.63, 3.8) is 0 Å². The van der Waals surface area contributed by atoms with Gasteiger partial charge in [0.2, 0.25) is 0 Å². The maximum Gasteiger partial charge on any atom is 0.307 e. The molecule has 0 bridgehead atoms. The van der Waals surface area contributed by atoms with Crippen LogP contribution in [0.2, 0.25) is 0 Å². The van der Waals surface area contributed by atoms with E-state index in [1.807, 2.05) is 0 Å². The molecule has 1 atom stereocenters. The van der Waals surface area contributed by atoms with Gasteiger partial charge in [0.1, 0.15) is 0 Å². The Balaban J connectivity index is 0.00000400. The smallest absolute Gasteiger partial charge is 0.307 e. The van der Waals surface area contributed by atoms with Crippen LogP contribution in [0.4, 0.5) is 5.69 Å². The first-order valence-corrected chi connectivity index (χ1v) is 5.67. The van der Waals surface area contributed by atoms with Crippen LogP contribution in [0.1, 0.15) is 18.0 Å². The number of hydrogen-bond acceptors (Lipinski definition) is 7. The molecule has 0 aliphatic heterocycles. The summed E-state index contributed by atoms with van der Waals surface area (Å²) >= 11 is 0.